The first-order valence-corrected chi connectivity index (χ1v) is 11.9. The van der Waals surface area contributed by atoms with Crippen molar-refractivity contribution < 1.29 is 19.1 Å². The average Bonchev–Trinajstić information content (AvgIpc) is 2.87. The molecule has 1 saturated carbocycles. The maximum atomic E-state index is 12.8. The molecule has 0 spiro atoms. The number of ether oxygens (including phenoxy) is 2. The second kappa shape index (κ2) is 11.1. The lowest BCUT2D eigenvalue weighted by Crippen LogP contribution is -2.48. The molecule has 0 saturated heterocycles. The van der Waals surface area contributed by atoms with Crippen molar-refractivity contribution in [1.29, 1.82) is 0 Å². The normalized spacial score (nSPS) is 23.1. The summed E-state index contributed by atoms with van der Waals surface area (Å²) >= 11 is 0. The molecule has 0 aromatic heterocycles. The zero-order valence-corrected chi connectivity index (χ0v) is 20.0. The van der Waals surface area contributed by atoms with Crippen molar-refractivity contribution in [2.75, 3.05) is 25.1 Å². The van der Waals surface area contributed by atoms with E-state index in [1.807, 2.05) is 30.3 Å². The minimum Gasteiger partial charge on any atom is -0.486 e. The molecule has 1 aliphatic carbocycles. The van der Waals surface area contributed by atoms with Crippen LogP contribution in [0, 0.1) is 11.8 Å². The van der Waals surface area contributed by atoms with Gasteiger partial charge >= 0.3 is 0 Å². The van der Waals surface area contributed by atoms with Crippen molar-refractivity contribution in [3.63, 3.8) is 0 Å². The van der Waals surface area contributed by atoms with Crippen LogP contribution in [-0.4, -0.2) is 37.6 Å². The third kappa shape index (κ3) is 5.65. The molecule has 3 aliphatic rings. The fraction of sp³-hybridized carbons (Fsp3) is 0.462. The zero-order chi connectivity index (χ0) is 22.6. The topological polar surface area (TPSA) is 88.7 Å². The molecule has 2 amide bonds. The average molecular weight is 486 g/mol. The molecule has 2 aliphatic heterocycles. The Labute approximate surface area is 206 Å². The smallest absolute Gasteiger partial charge is 0.237 e. The van der Waals surface area contributed by atoms with Crippen molar-refractivity contribution in [2.45, 2.75) is 44.7 Å². The van der Waals surface area contributed by atoms with Gasteiger partial charge in [-0.15, -0.1) is 12.4 Å². The van der Waals surface area contributed by atoms with E-state index in [4.69, 9.17) is 9.47 Å². The molecule has 2 aromatic rings. The van der Waals surface area contributed by atoms with E-state index in [9.17, 15) is 9.59 Å². The summed E-state index contributed by atoms with van der Waals surface area (Å²) < 4.78 is 11.1. The number of hydrogen-bond acceptors (Lipinski definition) is 5. The van der Waals surface area contributed by atoms with E-state index >= 15 is 0 Å². The third-order valence-electron chi connectivity index (χ3n) is 6.99. The van der Waals surface area contributed by atoms with Crippen LogP contribution < -0.4 is 25.4 Å². The van der Waals surface area contributed by atoms with Gasteiger partial charge in [-0.2, -0.15) is 0 Å². The van der Waals surface area contributed by atoms with Crippen molar-refractivity contribution in [3.8, 4) is 11.5 Å². The zero-order valence-electron chi connectivity index (χ0n) is 19.2. The fourth-order valence-corrected chi connectivity index (χ4v) is 5.00. The Morgan fingerprint density at radius 2 is 1.65 bits per heavy atom. The lowest BCUT2D eigenvalue weighted by Gasteiger charge is -2.29. The van der Waals surface area contributed by atoms with E-state index in [0.717, 1.165) is 50.1 Å². The molecule has 0 bridgehead atoms. The highest BCUT2D eigenvalue weighted by molar-refractivity contribution is 5.93. The predicted molar refractivity (Wildman–Crippen MR) is 133 cm³/mol. The molecule has 0 unspecified atom stereocenters. The molecule has 34 heavy (non-hydrogen) atoms. The van der Waals surface area contributed by atoms with Gasteiger partial charge in [-0.05, 0) is 61.3 Å². The van der Waals surface area contributed by atoms with Crippen LogP contribution in [0.15, 0.2) is 42.5 Å². The molecule has 182 valence electrons. The SMILES string of the molecule is Cl.O=C(Nc1ccc2c(c1)OCCO2)C1CCC(CNC(=O)[C@@H]2Cc3ccccc3CN2)CC1. The third-order valence-corrected chi connectivity index (χ3v) is 6.99. The first kappa shape index (κ1) is 24.4. The molecular weight excluding hydrogens is 454 g/mol. The molecule has 0 radical (unpaired) electrons. The molecule has 7 nitrogen and oxygen atoms in total. The fourth-order valence-electron chi connectivity index (χ4n) is 5.00. The van der Waals surface area contributed by atoms with Crippen LogP contribution in [0.4, 0.5) is 5.69 Å². The van der Waals surface area contributed by atoms with Gasteiger partial charge in [-0.3, -0.25) is 9.59 Å². The second-order valence-electron chi connectivity index (χ2n) is 9.22. The predicted octanol–water partition coefficient (Wildman–Crippen LogP) is 3.46. The molecule has 5 rings (SSSR count). The number of fused-ring (bicyclic) bond motifs is 2. The number of benzene rings is 2. The van der Waals surface area contributed by atoms with E-state index in [2.05, 4.69) is 28.1 Å². The van der Waals surface area contributed by atoms with Gasteiger partial charge in [0.05, 0.1) is 6.04 Å². The summed E-state index contributed by atoms with van der Waals surface area (Å²) in [6, 6.07) is 13.6. The number of rotatable bonds is 5. The largest absolute Gasteiger partial charge is 0.486 e. The maximum absolute atomic E-state index is 12.8. The Kier molecular flexibility index (Phi) is 7.95. The molecular formula is C26H32ClN3O4. The van der Waals surface area contributed by atoms with Crippen LogP contribution in [0.5, 0.6) is 11.5 Å². The van der Waals surface area contributed by atoms with Gasteiger partial charge < -0.3 is 25.4 Å². The van der Waals surface area contributed by atoms with Crippen LogP contribution in [0.3, 0.4) is 0 Å². The van der Waals surface area contributed by atoms with Gasteiger partial charge in [0.2, 0.25) is 11.8 Å². The van der Waals surface area contributed by atoms with E-state index in [1.165, 1.54) is 11.1 Å². The second-order valence-corrected chi connectivity index (χ2v) is 9.22. The highest BCUT2D eigenvalue weighted by Gasteiger charge is 2.28. The van der Waals surface area contributed by atoms with Gasteiger partial charge in [-0.1, -0.05) is 24.3 Å². The number of hydrogen-bond donors (Lipinski definition) is 3. The van der Waals surface area contributed by atoms with Gasteiger partial charge in [-0.25, -0.2) is 0 Å². The number of anilines is 1. The van der Waals surface area contributed by atoms with Crippen molar-refractivity contribution in [2.24, 2.45) is 11.8 Å². The summed E-state index contributed by atoms with van der Waals surface area (Å²) in [7, 11) is 0. The van der Waals surface area contributed by atoms with Gasteiger partial charge in [0.1, 0.15) is 13.2 Å². The number of nitrogens with one attached hydrogen (secondary N) is 3. The van der Waals surface area contributed by atoms with Crippen molar-refractivity contribution >= 4 is 29.9 Å². The highest BCUT2D eigenvalue weighted by atomic mass is 35.5. The first-order valence-electron chi connectivity index (χ1n) is 11.9. The van der Waals surface area contributed by atoms with Gasteiger partial charge in [0.25, 0.3) is 0 Å². The Morgan fingerprint density at radius 3 is 2.44 bits per heavy atom. The lowest BCUT2D eigenvalue weighted by atomic mass is 9.81. The molecule has 8 heteroatoms. The highest BCUT2D eigenvalue weighted by Crippen LogP contribution is 2.34. The number of halogens is 1. The quantitative estimate of drug-likeness (QED) is 0.603. The van der Waals surface area contributed by atoms with E-state index in [-0.39, 0.29) is 36.2 Å². The summed E-state index contributed by atoms with van der Waals surface area (Å²) in [6.45, 7) is 2.48. The summed E-state index contributed by atoms with van der Waals surface area (Å²) in [6.07, 6.45) is 4.30. The van der Waals surface area contributed by atoms with Gasteiger partial charge in [0.15, 0.2) is 11.5 Å². The van der Waals surface area contributed by atoms with Gasteiger partial charge in [0, 0.05) is 30.8 Å². The summed E-state index contributed by atoms with van der Waals surface area (Å²) in [4.78, 5) is 25.4. The Balaban J connectivity index is 0.00000274. The number of carbonyl (C=O) groups is 2. The Morgan fingerprint density at radius 1 is 0.912 bits per heavy atom. The van der Waals surface area contributed by atoms with Crippen LogP contribution in [0.2, 0.25) is 0 Å². The maximum Gasteiger partial charge on any atom is 0.237 e. The number of amides is 2. The van der Waals surface area contributed by atoms with Crippen LogP contribution >= 0.6 is 12.4 Å². The molecule has 3 N–H and O–H groups in total. The van der Waals surface area contributed by atoms with E-state index in [1.54, 1.807) is 0 Å². The molecule has 2 aromatic carbocycles. The number of carbonyl (C=O) groups excluding carboxylic acids is 2. The minimum absolute atomic E-state index is 0. The van der Waals surface area contributed by atoms with E-state index in [0.29, 0.717) is 31.4 Å². The van der Waals surface area contributed by atoms with E-state index < -0.39 is 0 Å². The Bertz CT molecular complexity index is 1020. The van der Waals surface area contributed by atoms with Crippen LogP contribution in [-0.2, 0) is 22.6 Å². The molecule has 1 fully saturated rings. The lowest BCUT2D eigenvalue weighted by molar-refractivity contribution is -0.124. The summed E-state index contributed by atoms with van der Waals surface area (Å²) in [5.41, 5.74) is 3.26. The standard InChI is InChI=1S/C26H31N3O4.ClH/c30-25(29-21-9-10-23-24(14-21)33-12-11-32-23)18-7-5-17(6-8-18)15-28-26(31)22-13-19-3-1-2-4-20(19)16-27-22;/h1-4,9-10,14,17-18,22,27H,5-8,11-13,15-16H2,(H,28,31)(H,29,30);1H/t17?,18?,22-;/m0./s1. The van der Waals surface area contributed by atoms with Crippen LogP contribution in [0.1, 0.15) is 36.8 Å². The monoisotopic (exact) mass is 485 g/mol. The molecule has 1 atom stereocenters. The van der Waals surface area contributed by atoms with Crippen molar-refractivity contribution in [3.05, 3.63) is 53.6 Å². The Hall–Kier alpha value is -2.77. The first-order chi connectivity index (χ1) is 16.2. The van der Waals surface area contributed by atoms with Crippen molar-refractivity contribution in [1.82, 2.24) is 10.6 Å². The molecule has 2 heterocycles. The summed E-state index contributed by atoms with van der Waals surface area (Å²) in [5.74, 6) is 1.94. The minimum atomic E-state index is -0.173. The van der Waals surface area contributed by atoms with Crippen LogP contribution in [0.25, 0.3) is 0 Å². The summed E-state index contributed by atoms with van der Waals surface area (Å²) in [5, 5.41) is 9.51.